The molecule has 1 aliphatic rings. The first-order valence-corrected chi connectivity index (χ1v) is 12.9. The number of aromatic nitrogens is 2. The maximum absolute atomic E-state index is 13.8. The van der Waals surface area contributed by atoms with Crippen LogP contribution in [0.25, 0.3) is 5.69 Å². The largest absolute Gasteiger partial charge is 0.419 e. The van der Waals surface area contributed by atoms with Crippen molar-refractivity contribution in [3.63, 3.8) is 0 Å². The highest BCUT2D eigenvalue weighted by Crippen LogP contribution is 2.35. The first kappa shape index (κ1) is 29.3. The smallest absolute Gasteiger partial charge is 0.355 e. The molecule has 13 heteroatoms. The van der Waals surface area contributed by atoms with Crippen LogP contribution in [0.5, 0.6) is 0 Å². The summed E-state index contributed by atoms with van der Waals surface area (Å²) in [6, 6.07) is 7.41. The van der Waals surface area contributed by atoms with Crippen molar-refractivity contribution in [2.24, 2.45) is 0 Å². The third kappa shape index (κ3) is 5.62. The second kappa shape index (κ2) is 11.1. The maximum Gasteiger partial charge on any atom is 0.419 e. The number of hydrogen-bond donors (Lipinski definition) is 2. The van der Waals surface area contributed by atoms with Crippen LogP contribution in [0, 0.1) is 0 Å². The van der Waals surface area contributed by atoms with Crippen molar-refractivity contribution in [1.82, 2.24) is 14.9 Å². The first-order valence-electron chi connectivity index (χ1n) is 12.2. The fourth-order valence-electron chi connectivity index (χ4n) is 4.38. The van der Waals surface area contributed by atoms with Crippen LogP contribution in [0.4, 0.5) is 19.1 Å². The van der Waals surface area contributed by atoms with Gasteiger partial charge in [-0.25, -0.2) is 14.3 Å². The van der Waals surface area contributed by atoms with Gasteiger partial charge in [0.1, 0.15) is 5.69 Å². The Bertz CT molecular complexity index is 1630. The van der Waals surface area contributed by atoms with Crippen LogP contribution >= 0.6 is 23.2 Å². The van der Waals surface area contributed by atoms with Gasteiger partial charge >= 0.3 is 12.1 Å². The highest BCUT2D eigenvalue weighted by Gasteiger charge is 2.37. The summed E-state index contributed by atoms with van der Waals surface area (Å²) in [7, 11) is 1.48. The van der Waals surface area contributed by atoms with Gasteiger partial charge < -0.3 is 10.6 Å². The third-order valence-corrected chi connectivity index (χ3v) is 6.97. The van der Waals surface area contributed by atoms with Gasteiger partial charge in [0.25, 0.3) is 11.5 Å². The summed E-state index contributed by atoms with van der Waals surface area (Å²) in [5, 5.41) is 5.25. The van der Waals surface area contributed by atoms with Crippen molar-refractivity contribution in [3.8, 4) is 5.69 Å². The summed E-state index contributed by atoms with van der Waals surface area (Å²) < 4.78 is 42.8. The number of carbonyl (C=O) groups excluding carboxylic acids is 2. The number of nitrogens with one attached hydrogen (secondary N) is 2. The number of carbonyl (C=O) groups is 2. The minimum atomic E-state index is -4.73. The molecule has 0 radical (unpaired) electrons. The molecule has 4 rings (SSSR count). The zero-order valence-corrected chi connectivity index (χ0v) is 23.4. The molecule has 2 aromatic carbocycles. The molecule has 1 aromatic heterocycles. The van der Waals surface area contributed by atoms with Crippen molar-refractivity contribution in [1.29, 1.82) is 0 Å². The minimum absolute atomic E-state index is 0.0403. The Labute approximate surface area is 237 Å². The third-order valence-electron chi connectivity index (χ3n) is 6.33. The lowest BCUT2D eigenvalue weighted by Crippen LogP contribution is -2.38. The number of alkyl halides is 3. The van der Waals surface area contributed by atoms with E-state index < -0.39 is 28.2 Å². The van der Waals surface area contributed by atoms with E-state index >= 15 is 0 Å². The number of halogens is 5. The highest BCUT2D eigenvalue weighted by atomic mass is 35.5. The van der Waals surface area contributed by atoms with Gasteiger partial charge in [0.15, 0.2) is 12.3 Å². The zero-order chi connectivity index (χ0) is 29.5. The van der Waals surface area contributed by atoms with Gasteiger partial charge in [0.05, 0.1) is 44.4 Å². The molecule has 2 heterocycles. The molecule has 0 spiro atoms. The Hall–Kier alpha value is -3.70. The van der Waals surface area contributed by atoms with E-state index in [9.17, 15) is 27.6 Å². The van der Waals surface area contributed by atoms with E-state index in [1.165, 1.54) is 34.4 Å². The van der Waals surface area contributed by atoms with Crippen LogP contribution < -0.4 is 16.2 Å². The van der Waals surface area contributed by atoms with Crippen molar-refractivity contribution >= 4 is 46.7 Å². The van der Waals surface area contributed by atoms with E-state index in [0.29, 0.717) is 22.7 Å². The monoisotopic (exact) mass is 594 g/mol. The van der Waals surface area contributed by atoms with Crippen LogP contribution in [0.2, 0.25) is 10.0 Å². The van der Waals surface area contributed by atoms with Gasteiger partial charge in [-0.3, -0.25) is 9.59 Å². The molecule has 1 aliphatic heterocycles. The molecule has 3 aromatic rings. The van der Waals surface area contributed by atoms with Crippen LogP contribution in [-0.2, 0) is 19.1 Å². The zero-order valence-electron chi connectivity index (χ0n) is 21.9. The van der Waals surface area contributed by atoms with Crippen LogP contribution in [0.15, 0.2) is 41.2 Å². The van der Waals surface area contributed by atoms with Gasteiger partial charge in [-0.15, -0.1) is 0 Å². The molecule has 8 nitrogen and oxygen atoms in total. The van der Waals surface area contributed by atoms with Gasteiger partial charge in [-0.1, -0.05) is 23.2 Å². The van der Waals surface area contributed by atoms with Crippen LogP contribution in [-0.4, -0.2) is 44.7 Å². The molecule has 0 aliphatic carbocycles. The summed E-state index contributed by atoms with van der Waals surface area (Å²) in [6.45, 7) is 5.21. The summed E-state index contributed by atoms with van der Waals surface area (Å²) in [5.74, 6) is -0.877. The van der Waals surface area contributed by atoms with Gasteiger partial charge in [-0.2, -0.15) is 17.7 Å². The van der Waals surface area contributed by atoms with Crippen molar-refractivity contribution in [2.75, 3.05) is 12.4 Å². The molecule has 2 N–H and O–H groups in total. The number of anilines is 1. The van der Waals surface area contributed by atoms with E-state index in [-0.39, 0.29) is 47.0 Å². The second-order valence-corrected chi connectivity index (χ2v) is 10.4. The summed E-state index contributed by atoms with van der Waals surface area (Å²) in [5.41, 5.74) is -0.00784. The Balaban J connectivity index is 1.80. The fourth-order valence-corrected chi connectivity index (χ4v) is 4.86. The highest BCUT2D eigenvalue weighted by molar-refractivity contribution is 6.34. The minimum Gasteiger partial charge on any atom is -0.355 e. The fraction of sp³-hybridized carbons (Fsp3) is 0.296. The molecule has 0 fully saturated rings. The molecule has 0 saturated carbocycles. The number of hydrogen-bond acceptors (Lipinski definition) is 5. The van der Waals surface area contributed by atoms with Crippen molar-refractivity contribution < 1.29 is 27.3 Å². The Morgan fingerprint density at radius 3 is 2.40 bits per heavy atom. The molecule has 0 atom stereocenters. The van der Waals surface area contributed by atoms with Crippen LogP contribution in [0.1, 0.15) is 58.3 Å². The topological polar surface area (TPSA) is 96.1 Å². The lowest BCUT2D eigenvalue weighted by atomic mass is 10.0. The number of nitrogens with zero attached hydrogens (tertiary/aromatic N) is 3. The Morgan fingerprint density at radius 1 is 1.10 bits per heavy atom. The Morgan fingerprint density at radius 2 is 1.80 bits per heavy atom. The van der Waals surface area contributed by atoms with E-state index in [1.807, 2.05) is 13.8 Å². The number of fused-ring (bicyclic) bond motifs is 1. The standard InChI is InChI=1S/C27H24Cl2F3N5O3/c1-13(2)34-26-35-22-12-36(24(39)15-5-8-20(28)19(10-15)27(30,31)32)14(3)9-18(22)25(40)37(26)16-6-7-17(21(29)11-16)23(38)33-4/h5-8,10-11,13H,9,12H2,1-4H3,(H-,33,34,35,38,40)/p+1. The summed E-state index contributed by atoms with van der Waals surface area (Å²) in [4.78, 5) is 43.8. The lowest BCUT2D eigenvalue weighted by molar-refractivity contribution is -0.450. The van der Waals surface area contributed by atoms with Gasteiger partial charge in [0, 0.05) is 20.0 Å². The normalized spacial score (nSPS) is 13.3. The van der Waals surface area contributed by atoms with Crippen LogP contribution in [0.3, 0.4) is 0 Å². The predicted octanol–water partition coefficient (Wildman–Crippen LogP) is 5.11. The quantitative estimate of drug-likeness (QED) is 0.400. The first-order chi connectivity index (χ1) is 18.7. The molecule has 0 bridgehead atoms. The molecule has 2 amide bonds. The maximum atomic E-state index is 13.8. The average Bonchev–Trinajstić information content (AvgIpc) is 2.87. The van der Waals surface area contributed by atoms with Gasteiger partial charge in [-0.05, 0) is 50.2 Å². The molecular weight excluding hydrogens is 570 g/mol. The van der Waals surface area contributed by atoms with E-state index in [2.05, 4.69) is 15.6 Å². The lowest BCUT2D eigenvalue weighted by Gasteiger charge is -2.21. The van der Waals surface area contributed by atoms with E-state index in [4.69, 9.17) is 23.2 Å². The second-order valence-electron chi connectivity index (χ2n) is 9.54. The molecule has 0 saturated heterocycles. The molecule has 40 heavy (non-hydrogen) atoms. The average molecular weight is 595 g/mol. The molecule has 0 unspecified atom stereocenters. The number of rotatable bonds is 5. The summed E-state index contributed by atoms with van der Waals surface area (Å²) in [6.07, 6.45) is -4.69. The van der Waals surface area contributed by atoms with E-state index in [1.54, 1.807) is 13.0 Å². The Kier molecular flexibility index (Phi) is 8.09. The van der Waals surface area contributed by atoms with E-state index in [0.717, 1.165) is 12.1 Å². The summed E-state index contributed by atoms with van der Waals surface area (Å²) >= 11 is 12.1. The molecule has 210 valence electrons. The number of amides is 2. The van der Waals surface area contributed by atoms with Crippen molar-refractivity contribution in [3.05, 3.63) is 84.7 Å². The molecular formula is C27H25Cl2F3N5O3+. The number of benzene rings is 2. The van der Waals surface area contributed by atoms with Crippen molar-refractivity contribution in [2.45, 2.75) is 46.0 Å². The SMILES string of the molecule is CNC(=O)c1ccc(-n2c(NC(C)C)nc3c(c2=O)CC(C)=[N+](C(=O)c2ccc(Cl)c(C(F)(F)F)c2)C3)cc1Cl. The van der Waals surface area contributed by atoms with Gasteiger partial charge in [0.2, 0.25) is 5.95 Å². The predicted molar refractivity (Wildman–Crippen MR) is 146 cm³/mol.